The summed E-state index contributed by atoms with van der Waals surface area (Å²) in [6.45, 7) is -0.0911. The number of nitrogens with zero attached hydrogens (tertiary/aromatic N) is 1. The van der Waals surface area contributed by atoms with Gasteiger partial charge in [-0.2, -0.15) is 13.2 Å². The van der Waals surface area contributed by atoms with Gasteiger partial charge in [0.1, 0.15) is 6.04 Å². The number of nitrogens with two attached hydrogens (primary N) is 1. The Labute approximate surface area is 115 Å². The fourth-order valence-electron chi connectivity index (χ4n) is 1.86. The van der Waals surface area contributed by atoms with Crippen LogP contribution in [0.2, 0.25) is 0 Å². The summed E-state index contributed by atoms with van der Waals surface area (Å²) in [5, 5.41) is 8.89. The van der Waals surface area contributed by atoms with Crippen LogP contribution in [0.15, 0.2) is 24.3 Å². The molecule has 0 aromatic heterocycles. The van der Waals surface area contributed by atoms with Gasteiger partial charge < -0.3 is 10.8 Å². The van der Waals surface area contributed by atoms with Crippen LogP contribution in [0.5, 0.6) is 0 Å². The van der Waals surface area contributed by atoms with Gasteiger partial charge in [-0.05, 0) is 18.2 Å². The SMILES string of the molecule is CN(Cc1ccc(CO)cc1)C(CC(N)=O)C(F)(F)F. The van der Waals surface area contributed by atoms with Gasteiger partial charge in [-0.3, -0.25) is 9.69 Å². The lowest BCUT2D eigenvalue weighted by Gasteiger charge is -2.29. The van der Waals surface area contributed by atoms with E-state index in [4.69, 9.17) is 10.8 Å². The highest BCUT2D eigenvalue weighted by Crippen LogP contribution is 2.27. The molecule has 0 saturated heterocycles. The summed E-state index contributed by atoms with van der Waals surface area (Å²) in [7, 11) is 1.29. The molecule has 0 saturated carbocycles. The van der Waals surface area contributed by atoms with Crippen molar-refractivity contribution in [2.75, 3.05) is 7.05 Å². The lowest BCUT2D eigenvalue weighted by Crippen LogP contribution is -2.45. The molecule has 4 nitrogen and oxygen atoms in total. The first-order valence-electron chi connectivity index (χ1n) is 5.98. The summed E-state index contributed by atoms with van der Waals surface area (Å²) in [6.07, 6.45) is -5.29. The molecule has 3 N–H and O–H groups in total. The molecule has 1 unspecified atom stereocenters. The predicted octanol–water partition coefficient (Wildman–Crippen LogP) is 1.42. The number of hydrogen-bond donors (Lipinski definition) is 2. The number of carbonyl (C=O) groups is 1. The van der Waals surface area contributed by atoms with Crippen molar-refractivity contribution in [3.63, 3.8) is 0 Å². The first-order chi connectivity index (χ1) is 9.24. The molecule has 0 spiro atoms. The summed E-state index contributed by atoms with van der Waals surface area (Å²) in [5.41, 5.74) is 6.20. The van der Waals surface area contributed by atoms with Gasteiger partial charge in [0.15, 0.2) is 0 Å². The molecular formula is C13H17F3N2O2. The molecule has 0 bridgehead atoms. The molecule has 1 amide bonds. The van der Waals surface area contributed by atoms with E-state index in [-0.39, 0.29) is 13.2 Å². The van der Waals surface area contributed by atoms with E-state index in [2.05, 4.69) is 0 Å². The van der Waals surface area contributed by atoms with Gasteiger partial charge in [0, 0.05) is 6.54 Å². The van der Waals surface area contributed by atoms with E-state index in [1.807, 2.05) is 0 Å². The Balaban J connectivity index is 2.78. The van der Waals surface area contributed by atoms with Gasteiger partial charge in [0.25, 0.3) is 0 Å². The lowest BCUT2D eigenvalue weighted by atomic mass is 10.1. The Hall–Kier alpha value is -1.60. The van der Waals surface area contributed by atoms with Crippen LogP contribution in [-0.2, 0) is 17.9 Å². The number of primary amides is 1. The average molecular weight is 290 g/mol. The minimum Gasteiger partial charge on any atom is -0.392 e. The van der Waals surface area contributed by atoms with Crippen LogP contribution in [0.3, 0.4) is 0 Å². The molecular weight excluding hydrogens is 273 g/mol. The molecule has 0 heterocycles. The van der Waals surface area contributed by atoms with E-state index >= 15 is 0 Å². The van der Waals surface area contributed by atoms with Crippen molar-refractivity contribution in [3.8, 4) is 0 Å². The molecule has 0 aliphatic rings. The Morgan fingerprint density at radius 2 is 1.80 bits per heavy atom. The first-order valence-corrected chi connectivity index (χ1v) is 5.98. The van der Waals surface area contributed by atoms with Crippen LogP contribution in [0.25, 0.3) is 0 Å². The highest BCUT2D eigenvalue weighted by Gasteiger charge is 2.43. The van der Waals surface area contributed by atoms with Crippen LogP contribution >= 0.6 is 0 Å². The van der Waals surface area contributed by atoms with Crippen LogP contribution in [0.1, 0.15) is 17.5 Å². The standard InChI is InChI=1S/C13H17F3N2O2/c1-18(11(6-12(17)20)13(14,15)16)7-9-2-4-10(8-19)5-3-9/h2-5,11,19H,6-8H2,1H3,(H2,17,20). The predicted molar refractivity (Wildman–Crippen MR) is 67.5 cm³/mol. The Morgan fingerprint density at radius 3 is 2.20 bits per heavy atom. The third kappa shape index (κ3) is 4.82. The minimum atomic E-state index is -4.52. The van der Waals surface area contributed by atoms with E-state index in [1.54, 1.807) is 24.3 Å². The Bertz CT molecular complexity index is 446. The van der Waals surface area contributed by atoms with E-state index in [9.17, 15) is 18.0 Å². The summed E-state index contributed by atoms with van der Waals surface area (Å²) >= 11 is 0. The molecule has 1 aromatic carbocycles. The maximum atomic E-state index is 12.9. The molecule has 1 rings (SSSR count). The van der Waals surface area contributed by atoms with Crippen LogP contribution < -0.4 is 5.73 Å². The summed E-state index contributed by atoms with van der Waals surface area (Å²) < 4.78 is 38.6. The zero-order valence-corrected chi connectivity index (χ0v) is 11.0. The number of alkyl halides is 3. The number of hydrogen-bond acceptors (Lipinski definition) is 3. The summed E-state index contributed by atoms with van der Waals surface area (Å²) in [5.74, 6) is -0.991. The Morgan fingerprint density at radius 1 is 1.30 bits per heavy atom. The van der Waals surface area contributed by atoms with E-state index in [0.717, 1.165) is 4.90 Å². The maximum absolute atomic E-state index is 12.9. The molecule has 0 radical (unpaired) electrons. The molecule has 20 heavy (non-hydrogen) atoms. The van der Waals surface area contributed by atoms with Gasteiger partial charge in [0.2, 0.25) is 5.91 Å². The number of amides is 1. The Kier molecular flexibility index (Phi) is 5.52. The van der Waals surface area contributed by atoms with Crippen molar-refractivity contribution in [2.45, 2.75) is 31.8 Å². The number of aliphatic hydroxyl groups is 1. The van der Waals surface area contributed by atoms with E-state index in [1.165, 1.54) is 7.05 Å². The zero-order chi connectivity index (χ0) is 15.3. The van der Waals surface area contributed by atoms with Crippen molar-refractivity contribution in [1.29, 1.82) is 0 Å². The van der Waals surface area contributed by atoms with Gasteiger partial charge >= 0.3 is 6.18 Å². The van der Waals surface area contributed by atoms with Crippen LogP contribution in [-0.4, -0.2) is 35.2 Å². The molecule has 1 atom stereocenters. The highest BCUT2D eigenvalue weighted by molar-refractivity contribution is 5.74. The van der Waals surface area contributed by atoms with Gasteiger partial charge in [0.05, 0.1) is 13.0 Å². The quantitative estimate of drug-likeness (QED) is 0.832. The van der Waals surface area contributed by atoms with Crippen molar-refractivity contribution in [3.05, 3.63) is 35.4 Å². The minimum absolute atomic E-state index is 0.0309. The lowest BCUT2D eigenvalue weighted by molar-refractivity contribution is -0.185. The molecule has 1 aromatic rings. The van der Waals surface area contributed by atoms with Gasteiger partial charge in [-0.25, -0.2) is 0 Å². The number of carbonyl (C=O) groups excluding carboxylic acids is 1. The van der Waals surface area contributed by atoms with Crippen molar-refractivity contribution < 1.29 is 23.1 Å². The van der Waals surface area contributed by atoms with Gasteiger partial charge in [-0.1, -0.05) is 24.3 Å². The van der Waals surface area contributed by atoms with E-state index in [0.29, 0.717) is 11.1 Å². The maximum Gasteiger partial charge on any atom is 0.404 e. The fourth-order valence-corrected chi connectivity index (χ4v) is 1.86. The second-order valence-corrected chi connectivity index (χ2v) is 4.62. The third-order valence-corrected chi connectivity index (χ3v) is 2.94. The largest absolute Gasteiger partial charge is 0.404 e. The fraction of sp³-hybridized carbons (Fsp3) is 0.462. The van der Waals surface area contributed by atoms with Crippen molar-refractivity contribution >= 4 is 5.91 Å². The van der Waals surface area contributed by atoms with Crippen LogP contribution in [0.4, 0.5) is 13.2 Å². The molecule has 0 aliphatic carbocycles. The molecule has 112 valence electrons. The number of benzene rings is 1. The number of rotatable bonds is 6. The molecule has 0 fully saturated rings. The third-order valence-electron chi connectivity index (χ3n) is 2.94. The average Bonchev–Trinajstić information content (AvgIpc) is 2.35. The van der Waals surface area contributed by atoms with Crippen LogP contribution in [0, 0.1) is 0 Å². The monoisotopic (exact) mass is 290 g/mol. The highest BCUT2D eigenvalue weighted by atomic mass is 19.4. The van der Waals surface area contributed by atoms with Crippen molar-refractivity contribution in [2.24, 2.45) is 5.73 Å². The number of aliphatic hydroxyl groups excluding tert-OH is 1. The second-order valence-electron chi connectivity index (χ2n) is 4.62. The summed E-state index contributed by atoms with van der Waals surface area (Å²) in [4.78, 5) is 11.8. The smallest absolute Gasteiger partial charge is 0.392 e. The van der Waals surface area contributed by atoms with Gasteiger partial charge in [-0.15, -0.1) is 0 Å². The topological polar surface area (TPSA) is 66.6 Å². The summed E-state index contributed by atoms with van der Waals surface area (Å²) in [6, 6.07) is 4.65. The number of halogens is 3. The normalized spacial score (nSPS) is 13.5. The first kappa shape index (κ1) is 16.5. The molecule has 0 aliphatic heterocycles. The molecule has 7 heteroatoms. The second kappa shape index (κ2) is 6.71. The van der Waals surface area contributed by atoms with E-state index < -0.39 is 24.5 Å². The van der Waals surface area contributed by atoms with Crippen molar-refractivity contribution in [1.82, 2.24) is 4.90 Å². The zero-order valence-electron chi connectivity index (χ0n) is 11.0.